The molecule has 0 bridgehead atoms. The Morgan fingerprint density at radius 3 is 2.64 bits per heavy atom. The fourth-order valence-electron chi connectivity index (χ4n) is 0.987. The minimum Gasteiger partial charge on any atom is -0.313 e. The van der Waals surface area contributed by atoms with Gasteiger partial charge in [-0.3, -0.25) is 0 Å². The van der Waals surface area contributed by atoms with E-state index in [0.29, 0.717) is 5.75 Å². The lowest BCUT2D eigenvalue weighted by Crippen LogP contribution is -2.36. The van der Waals surface area contributed by atoms with Crippen LogP contribution in [-0.2, 0) is 5.75 Å². The van der Waals surface area contributed by atoms with E-state index in [0.717, 1.165) is 5.75 Å². The molecule has 2 nitrogen and oxygen atoms in total. The highest BCUT2D eigenvalue weighted by molar-refractivity contribution is 7.98. The Bertz CT molecular complexity index is 314. The summed E-state index contributed by atoms with van der Waals surface area (Å²) in [6.07, 6.45) is 0. The van der Waals surface area contributed by atoms with Crippen molar-refractivity contribution < 1.29 is 0 Å². The van der Waals surface area contributed by atoms with Crippen molar-refractivity contribution >= 4 is 11.8 Å². The summed E-state index contributed by atoms with van der Waals surface area (Å²) >= 11 is 1.69. The first kappa shape index (κ1) is 11.1. The lowest BCUT2D eigenvalue weighted by Gasteiger charge is -2.13. The molecule has 0 heterocycles. The van der Waals surface area contributed by atoms with Gasteiger partial charge in [0.2, 0.25) is 0 Å². The predicted molar refractivity (Wildman–Crippen MR) is 60.8 cm³/mol. The number of hydrogen-bond acceptors (Lipinski definition) is 3. The van der Waals surface area contributed by atoms with Gasteiger partial charge in [0.15, 0.2) is 0 Å². The molecule has 0 aliphatic carbocycles. The molecule has 0 saturated carbocycles. The van der Waals surface area contributed by atoms with Gasteiger partial charge >= 0.3 is 0 Å². The van der Waals surface area contributed by atoms with E-state index in [-0.39, 0.29) is 0 Å². The molecule has 1 rings (SSSR count). The van der Waals surface area contributed by atoms with Crippen LogP contribution in [0, 0.1) is 11.3 Å². The van der Waals surface area contributed by atoms with Crippen LogP contribution in [0.2, 0.25) is 0 Å². The number of nitrogens with zero attached hydrogens (tertiary/aromatic N) is 1. The topological polar surface area (TPSA) is 49.8 Å². The second-order valence-corrected chi connectivity index (χ2v) is 4.49. The average Bonchev–Trinajstić information content (AvgIpc) is 2.19. The standard InChI is InChI=1S/C11H14N2S/c1-11(13,8-12)9-14-7-10-5-3-2-4-6-10/h2-6H,7,9,13H2,1H3. The Balaban J connectivity index is 2.34. The summed E-state index contributed by atoms with van der Waals surface area (Å²) in [4.78, 5) is 0. The van der Waals surface area contributed by atoms with Crippen LogP contribution < -0.4 is 5.73 Å². The van der Waals surface area contributed by atoms with Gasteiger partial charge in [-0.25, -0.2) is 0 Å². The molecule has 74 valence electrons. The molecule has 0 radical (unpaired) electrons. The summed E-state index contributed by atoms with van der Waals surface area (Å²) in [5.74, 6) is 1.58. The minimum absolute atomic E-state index is 0.665. The van der Waals surface area contributed by atoms with Crippen molar-refractivity contribution in [1.82, 2.24) is 0 Å². The van der Waals surface area contributed by atoms with Crippen molar-refractivity contribution in [2.24, 2.45) is 5.73 Å². The number of benzene rings is 1. The Labute approximate surface area is 89.1 Å². The van der Waals surface area contributed by atoms with E-state index in [1.807, 2.05) is 18.2 Å². The van der Waals surface area contributed by atoms with Gasteiger partial charge in [-0.05, 0) is 12.5 Å². The monoisotopic (exact) mass is 206 g/mol. The highest BCUT2D eigenvalue weighted by Crippen LogP contribution is 2.15. The van der Waals surface area contributed by atoms with E-state index in [1.165, 1.54) is 5.56 Å². The number of nitriles is 1. The van der Waals surface area contributed by atoms with Crippen molar-refractivity contribution in [2.45, 2.75) is 18.2 Å². The van der Waals surface area contributed by atoms with Gasteiger partial charge < -0.3 is 5.73 Å². The minimum atomic E-state index is -0.709. The Kier molecular flexibility index (Phi) is 3.99. The maximum Gasteiger partial charge on any atom is 0.110 e. The molecule has 1 unspecified atom stereocenters. The van der Waals surface area contributed by atoms with Gasteiger partial charge in [0.1, 0.15) is 5.54 Å². The first-order chi connectivity index (χ1) is 6.64. The summed E-state index contributed by atoms with van der Waals surface area (Å²) in [7, 11) is 0. The van der Waals surface area contributed by atoms with Gasteiger partial charge in [0.05, 0.1) is 6.07 Å². The van der Waals surface area contributed by atoms with Crippen LogP contribution in [-0.4, -0.2) is 11.3 Å². The summed E-state index contributed by atoms with van der Waals surface area (Å²) in [6, 6.07) is 12.3. The molecular formula is C11H14N2S. The molecule has 3 heteroatoms. The number of thioether (sulfide) groups is 1. The third-order valence-corrected chi connectivity index (χ3v) is 3.11. The second-order valence-electron chi connectivity index (χ2n) is 3.51. The van der Waals surface area contributed by atoms with Gasteiger partial charge in [-0.1, -0.05) is 30.3 Å². The van der Waals surface area contributed by atoms with Crippen LogP contribution >= 0.6 is 11.8 Å². The quantitative estimate of drug-likeness (QED) is 0.821. The summed E-state index contributed by atoms with van der Waals surface area (Å²) < 4.78 is 0. The molecule has 0 amide bonds. The van der Waals surface area contributed by atoms with Crippen LogP contribution in [0.25, 0.3) is 0 Å². The van der Waals surface area contributed by atoms with E-state index in [2.05, 4.69) is 18.2 Å². The molecule has 0 spiro atoms. The van der Waals surface area contributed by atoms with E-state index < -0.39 is 5.54 Å². The van der Waals surface area contributed by atoms with Crippen LogP contribution in [0.15, 0.2) is 30.3 Å². The largest absolute Gasteiger partial charge is 0.313 e. The Hall–Kier alpha value is -0.980. The van der Waals surface area contributed by atoms with Crippen molar-refractivity contribution in [3.05, 3.63) is 35.9 Å². The van der Waals surface area contributed by atoms with E-state index in [1.54, 1.807) is 18.7 Å². The number of nitrogens with two attached hydrogens (primary N) is 1. The molecule has 0 saturated heterocycles. The smallest absolute Gasteiger partial charge is 0.110 e. The zero-order valence-corrected chi connectivity index (χ0v) is 9.05. The third kappa shape index (κ3) is 3.82. The molecule has 14 heavy (non-hydrogen) atoms. The van der Waals surface area contributed by atoms with Crippen molar-refractivity contribution in [3.63, 3.8) is 0 Å². The lowest BCUT2D eigenvalue weighted by molar-refractivity contribution is 0.682. The second kappa shape index (κ2) is 5.04. The first-order valence-electron chi connectivity index (χ1n) is 4.46. The first-order valence-corrected chi connectivity index (χ1v) is 5.61. The van der Waals surface area contributed by atoms with Crippen LogP contribution in [0.1, 0.15) is 12.5 Å². The van der Waals surface area contributed by atoms with Crippen molar-refractivity contribution in [3.8, 4) is 6.07 Å². The molecule has 0 fully saturated rings. The summed E-state index contributed by atoms with van der Waals surface area (Å²) in [5, 5.41) is 8.70. The zero-order chi connectivity index (χ0) is 10.4. The van der Waals surface area contributed by atoms with Crippen molar-refractivity contribution in [2.75, 3.05) is 5.75 Å². The highest BCUT2D eigenvalue weighted by atomic mass is 32.2. The van der Waals surface area contributed by atoms with E-state index >= 15 is 0 Å². The van der Waals surface area contributed by atoms with E-state index in [4.69, 9.17) is 11.0 Å². The maximum absolute atomic E-state index is 8.70. The molecule has 0 aliphatic heterocycles. The van der Waals surface area contributed by atoms with Gasteiger partial charge in [0.25, 0.3) is 0 Å². The van der Waals surface area contributed by atoms with Gasteiger partial charge in [-0.2, -0.15) is 17.0 Å². The van der Waals surface area contributed by atoms with Crippen molar-refractivity contribution in [1.29, 1.82) is 5.26 Å². The lowest BCUT2D eigenvalue weighted by atomic mass is 10.1. The Morgan fingerprint density at radius 2 is 2.07 bits per heavy atom. The van der Waals surface area contributed by atoms with Crippen LogP contribution in [0.5, 0.6) is 0 Å². The average molecular weight is 206 g/mol. The number of rotatable bonds is 4. The molecule has 1 aromatic carbocycles. The summed E-state index contributed by atoms with van der Waals surface area (Å²) in [5.41, 5.74) is 6.26. The maximum atomic E-state index is 8.70. The summed E-state index contributed by atoms with van der Waals surface area (Å²) in [6.45, 7) is 1.75. The van der Waals surface area contributed by atoms with E-state index in [9.17, 15) is 0 Å². The highest BCUT2D eigenvalue weighted by Gasteiger charge is 2.16. The van der Waals surface area contributed by atoms with Crippen LogP contribution in [0.3, 0.4) is 0 Å². The van der Waals surface area contributed by atoms with Crippen LogP contribution in [0.4, 0.5) is 0 Å². The normalized spacial score (nSPS) is 14.4. The molecule has 2 N–H and O–H groups in total. The molecule has 0 aliphatic rings. The van der Waals surface area contributed by atoms with Gasteiger partial charge in [-0.15, -0.1) is 0 Å². The third-order valence-electron chi connectivity index (χ3n) is 1.77. The molecule has 1 aromatic rings. The SMILES string of the molecule is CC(N)(C#N)CSCc1ccccc1. The van der Waals surface area contributed by atoms with Gasteiger partial charge in [0, 0.05) is 11.5 Å². The number of hydrogen-bond donors (Lipinski definition) is 1. The fourth-order valence-corrected chi connectivity index (χ4v) is 2.01. The Morgan fingerprint density at radius 1 is 1.43 bits per heavy atom. The molecular weight excluding hydrogens is 192 g/mol. The predicted octanol–water partition coefficient (Wildman–Crippen LogP) is 2.16. The zero-order valence-electron chi connectivity index (χ0n) is 8.23. The fraction of sp³-hybridized carbons (Fsp3) is 0.364. The molecule has 1 atom stereocenters. The molecule has 0 aromatic heterocycles.